The zero-order valence-corrected chi connectivity index (χ0v) is 20.8. The minimum absolute atomic E-state index is 0.0299. The molecule has 3 heterocycles. The molecule has 2 aliphatic heterocycles. The van der Waals surface area contributed by atoms with E-state index in [9.17, 15) is 4.79 Å². The predicted molar refractivity (Wildman–Crippen MR) is 134 cm³/mol. The highest BCUT2D eigenvalue weighted by atomic mass is 32.2. The van der Waals surface area contributed by atoms with E-state index in [0.717, 1.165) is 49.5 Å². The molecule has 0 aliphatic carbocycles. The summed E-state index contributed by atoms with van der Waals surface area (Å²) >= 11 is 1.46. The minimum atomic E-state index is -0.292. The Bertz CT molecular complexity index is 904. The van der Waals surface area contributed by atoms with Crippen molar-refractivity contribution in [2.45, 2.75) is 57.0 Å². The second-order valence-electron chi connectivity index (χ2n) is 9.23. The number of amides is 1. The lowest BCUT2D eigenvalue weighted by Gasteiger charge is -2.29. The van der Waals surface area contributed by atoms with Gasteiger partial charge in [0, 0.05) is 44.1 Å². The topological polar surface area (TPSA) is 75.5 Å². The van der Waals surface area contributed by atoms with E-state index in [4.69, 9.17) is 4.74 Å². The number of nitrogens with zero attached hydrogens (tertiary/aromatic N) is 5. The van der Waals surface area contributed by atoms with Crippen LogP contribution in [-0.4, -0.2) is 65.3 Å². The summed E-state index contributed by atoms with van der Waals surface area (Å²) < 4.78 is 7.63. The molecule has 2 fully saturated rings. The van der Waals surface area contributed by atoms with Crippen LogP contribution in [0, 0.1) is 5.92 Å². The zero-order valence-electron chi connectivity index (χ0n) is 20.0. The fourth-order valence-electron chi connectivity index (χ4n) is 4.25. The Morgan fingerprint density at radius 1 is 1.00 bits per heavy atom. The fraction of sp³-hybridized carbons (Fsp3) is 0.625. The van der Waals surface area contributed by atoms with Crippen molar-refractivity contribution in [3.63, 3.8) is 0 Å². The molecule has 1 atom stereocenters. The molecule has 0 spiro atoms. The average molecular weight is 473 g/mol. The van der Waals surface area contributed by atoms with Gasteiger partial charge in [-0.05, 0) is 56.4 Å². The van der Waals surface area contributed by atoms with E-state index in [1.807, 2.05) is 19.1 Å². The van der Waals surface area contributed by atoms with Gasteiger partial charge in [-0.25, -0.2) is 0 Å². The number of nitrogens with one attached hydrogen (secondary N) is 1. The molecule has 1 unspecified atom stereocenters. The number of hydrogen-bond donors (Lipinski definition) is 1. The lowest BCUT2D eigenvalue weighted by atomic mass is 10.1. The number of aromatic nitrogens is 3. The van der Waals surface area contributed by atoms with E-state index < -0.39 is 0 Å². The fourth-order valence-corrected chi connectivity index (χ4v) is 5.11. The van der Waals surface area contributed by atoms with Gasteiger partial charge in [0.15, 0.2) is 5.16 Å². The molecule has 0 bridgehead atoms. The summed E-state index contributed by atoms with van der Waals surface area (Å²) in [6.45, 7) is 12.3. The third-order valence-corrected chi connectivity index (χ3v) is 7.13. The summed E-state index contributed by atoms with van der Waals surface area (Å²) in [6, 6.07) is 8.20. The van der Waals surface area contributed by atoms with E-state index in [-0.39, 0.29) is 11.2 Å². The molecule has 2 aliphatic rings. The van der Waals surface area contributed by atoms with E-state index in [1.54, 1.807) is 0 Å². The second-order valence-corrected chi connectivity index (χ2v) is 10.5. The molecular weight excluding hydrogens is 436 g/mol. The van der Waals surface area contributed by atoms with E-state index in [2.05, 4.69) is 55.9 Å². The quantitative estimate of drug-likeness (QED) is 0.584. The van der Waals surface area contributed by atoms with Crippen LogP contribution in [0.5, 0.6) is 0 Å². The van der Waals surface area contributed by atoms with Crippen LogP contribution >= 0.6 is 11.8 Å². The second kappa shape index (κ2) is 11.2. The smallest absolute Gasteiger partial charge is 0.237 e. The highest BCUT2D eigenvalue weighted by Crippen LogP contribution is 2.28. The first kappa shape index (κ1) is 23.9. The van der Waals surface area contributed by atoms with Crippen LogP contribution in [0.3, 0.4) is 0 Å². The van der Waals surface area contributed by atoms with E-state index in [0.29, 0.717) is 19.1 Å². The molecule has 33 heavy (non-hydrogen) atoms. The van der Waals surface area contributed by atoms with Crippen molar-refractivity contribution in [1.29, 1.82) is 0 Å². The van der Waals surface area contributed by atoms with Crippen LogP contribution in [0.15, 0.2) is 29.4 Å². The van der Waals surface area contributed by atoms with Crippen LogP contribution in [0.4, 0.5) is 17.3 Å². The standard InChI is InChI=1S/C24H36N6O2S/c1-18(2)17-30-23(29-13-15-32-16-14-29)26-27-24(30)33-19(3)22(31)25-20-7-9-21(10-8-20)28-11-5-4-6-12-28/h7-10,18-19H,4-6,11-17H2,1-3H3,(H,25,31). The number of thioether (sulfide) groups is 1. The van der Waals surface area contributed by atoms with Crippen molar-refractivity contribution in [2.24, 2.45) is 5.92 Å². The van der Waals surface area contributed by atoms with Gasteiger partial charge in [-0.15, -0.1) is 10.2 Å². The first-order valence-electron chi connectivity index (χ1n) is 12.1. The molecule has 9 heteroatoms. The van der Waals surface area contributed by atoms with Crippen molar-refractivity contribution in [1.82, 2.24) is 14.8 Å². The number of ether oxygens (including phenoxy) is 1. The molecule has 8 nitrogen and oxygen atoms in total. The monoisotopic (exact) mass is 472 g/mol. The third kappa shape index (κ3) is 6.20. The number of benzene rings is 1. The van der Waals surface area contributed by atoms with Gasteiger partial charge in [0.1, 0.15) is 0 Å². The highest BCUT2D eigenvalue weighted by Gasteiger charge is 2.24. The first-order chi connectivity index (χ1) is 16.0. The molecule has 2 aromatic rings. The molecule has 1 N–H and O–H groups in total. The first-order valence-corrected chi connectivity index (χ1v) is 13.0. The lowest BCUT2D eigenvalue weighted by Crippen LogP contribution is -2.38. The maximum atomic E-state index is 12.9. The SMILES string of the molecule is CC(C)Cn1c(SC(C)C(=O)Nc2ccc(N3CCCCC3)cc2)nnc1N1CCOCC1. The van der Waals surface area contributed by atoms with Gasteiger partial charge in [-0.3, -0.25) is 9.36 Å². The zero-order chi connectivity index (χ0) is 23.2. The van der Waals surface area contributed by atoms with Gasteiger partial charge >= 0.3 is 0 Å². The summed E-state index contributed by atoms with van der Waals surface area (Å²) in [5.41, 5.74) is 2.05. The molecule has 180 valence electrons. The molecule has 1 aromatic heterocycles. The van der Waals surface area contributed by atoms with Gasteiger partial charge in [-0.2, -0.15) is 0 Å². The summed E-state index contributed by atoms with van der Waals surface area (Å²) in [5.74, 6) is 1.29. The van der Waals surface area contributed by atoms with Gasteiger partial charge in [-0.1, -0.05) is 25.6 Å². The number of morpholine rings is 1. The van der Waals surface area contributed by atoms with Crippen LogP contribution < -0.4 is 15.1 Å². The van der Waals surface area contributed by atoms with E-state index in [1.165, 1.54) is 36.7 Å². The van der Waals surface area contributed by atoms with Crippen LogP contribution in [0.25, 0.3) is 0 Å². The van der Waals surface area contributed by atoms with Crippen LogP contribution in [0.2, 0.25) is 0 Å². The normalized spacial score (nSPS) is 17.9. The Morgan fingerprint density at radius 3 is 2.36 bits per heavy atom. The van der Waals surface area contributed by atoms with Gasteiger partial charge in [0.05, 0.1) is 18.5 Å². The van der Waals surface area contributed by atoms with Gasteiger partial charge in [0.2, 0.25) is 11.9 Å². The molecule has 0 radical (unpaired) electrons. The Labute approximate surface area is 201 Å². The highest BCUT2D eigenvalue weighted by molar-refractivity contribution is 8.00. The molecule has 0 saturated carbocycles. The molecular formula is C24H36N6O2S. The third-order valence-electron chi connectivity index (χ3n) is 6.05. The lowest BCUT2D eigenvalue weighted by molar-refractivity contribution is -0.115. The number of hydrogen-bond acceptors (Lipinski definition) is 7. The molecule has 4 rings (SSSR count). The molecule has 2 saturated heterocycles. The van der Waals surface area contributed by atoms with Gasteiger partial charge < -0.3 is 19.9 Å². The number of anilines is 3. The number of carbonyl (C=O) groups is 1. The van der Waals surface area contributed by atoms with Crippen molar-refractivity contribution in [3.05, 3.63) is 24.3 Å². The molecule has 1 aromatic carbocycles. The summed E-state index contributed by atoms with van der Waals surface area (Å²) in [7, 11) is 0. The van der Waals surface area contributed by atoms with Crippen molar-refractivity contribution in [3.8, 4) is 0 Å². The summed E-state index contributed by atoms with van der Waals surface area (Å²) in [4.78, 5) is 17.6. The minimum Gasteiger partial charge on any atom is -0.378 e. The average Bonchev–Trinajstić information content (AvgIpc) is 3.22. The number of piperidine rings is 1. The maximum Gasteiger partial charge on any atom is 0.237 e. The number of carbonyl (C=O) groups excluding carboxylic acids is 1. The summed E-state index contributed by atoms with van der Waals surface area (Å²) in [6.07, 6.45) is 3.82. The van der Waals surface area contributed by atoms with Crippen LogP contribution in [-0.2, 0) is 16.1 Å². The van der Waals surface area contributed by atoms with Crippen LogP contribution in [0.1, 0.15) is 40.0 Å². The summed E-state index contributed by atoms with van der Waals surface area (Å²) in [5, 5.41) is 12.5. The molecule has 1 amide bonds. The van der Waals surface area contributed by atoms with Gasteiger partial charge in [0.25, 0.3) is 0 Å². The Kier molecular flexibility index (Phi) is 8.14. The Morgan fingerprint density at radius 2 is 1.70 bits per heavy atom. The number of rotatable bonds is 8. The predicted octanol–water partition coefficient (Wildman–Crippen LogP) is 3.88. The van der Waals surface area contributed by atoms with Crippen molar-refractivity contribution in [2.75, 3.05) is 54.5 Å². The Balaban J connectivity index is 1.39. The largest absolute Gasteiger partial charge is 0.378 e. The maximum absolute atomic E-state index is 12.9. The Hall–Kier alpha value is -2.26. The van der Waals surface area contributed by atoms with E-state index >= 15 is 0 Å². The van der Waals surface area contributed by atoms with Crippen molar-refractivity contribution < 1.29 is 9.53 Å². The van der Waals surface area contributed by atoms with Crippen molar-refractivity contribution >= 4 is 35.0 Å².